The quantitative estimate of drug-likeness (QED) is 0.438. The van der Waals surface area contributed by atoms with Crippen molar-refractivity contribution in [1.82, 2.24) is 0 Å². The summed E-state index contributed by atoms with van der Waals surface area (Å²) in [7, 11) is -1.13. The van der Waals surface area contributed by atoms with Crippen molar-refractivity contribution in [2.24, 2.45) is 0 Å². The predicted octanol–water partition coefficient (Wildman–Crippen LogP) is -0.167. The lowest BCUT2D eigenvalue weighted by molar-refractivity contribution is 0.0551. The van der Waals surface area contributed by atoms with Gasteiger partial charge in [-0.3, -0.25) is 0 Å². The average molecular weight is 234 g/mol. The van der Waals surface area contributed by atoms with Crippen LogP contribution in [0.2, 0.25) is 0 Å². The Labute approximate surface area is 97.5 Å². The van der Waals surface area contributed by atoms with E-state index >= 15 is 0 Å². The zero-order valence-electron chi connectivity index (χ0n) is 8.77. The van der Waals surface area contributed by atoms with E-state index in [1.54, 1.807) is 0 Å². The van der Waals surface area contributed by atoms with Gasteiger partial charge in [0.25, 0.3) is 0 Å². The van der Waals surface area contributed by atoms with Gasteiger partial charge in [0.1, 0.15) is 5.82 Å². The molecule has 0 bridgehead atoms. The van der Waals surface area contributed by atoms with Gasteiger partial charge < -0.3 is 14.4 Å². The molecule has 0 spiro atoms. The number of carbonyl (C=O) groups is 1. The molecule has 0 aliphatic carbocycles. The number of terminal acetylenes is 1. The van der Waals surface area contributed by atoms with Gasteiger partial charge in [-0.1, -0.05) is 5.92 Å². The van der Waals surface area contributed by atoms with E-state index in [0.29, 0.717) is 11.0 Å². The average Bonchev–Trinajstić information content (AvgIpc) is 2.66. The Bertz CT molecular complexity index is 509. The van der Waals surface area contributed by atoms with E-state index in [0.717, 1.165) is 6.07 Å². The van der Waals surface area contributed by atoms with Gasteiger partial charge >= 0.3 is 13.1 Å². The minimum Gasteiger partial charge on any atom is -0.449 e. The molecule has 1 aromatic rings. The number of benzene rings is 1. The fraction of sp³-hybridized carbons (Fsp3) is 0.182. The topological polar surface area (TPSA) is 55.8 Å². The molecule has 1 N–H and O–H groups in total. The lowest BCUT2D eigenvalue weighted by Crippen LogP contribution is -2.29. The van der Waals surface area contributed by atoms with Crippen LogP contribution in [0.4, 0.5) is 4.39 Å². The molecule has 17 heavy (non-hydrogen) atoms. The Hall–Kier alpha value is -1.84. The summed E-state index contributed by atoms with van der Waals surface area (Å²) >= 11 is 0. The van der Waals surface area contributed by atoms with E-state index in [4.69, 9.17) is 11.1 Å². The maximum Gasteiger partial charge on any atom is 0.491 e. The monoisotopic (exact) mass is 234 g/mol. The van der Waals surface area contributed by atoms with Crippen molar-refractivity contribution in [3.05, 3.63) is 29.1 Å². The summed E-state index contributed by atoms with van der Waals surface area (Å²) in [5.74, 6) is 0.531. The minimum atomic E-state index is -1.13. The molecule has 2 rings (SSSR count). The zero-order valence-corrected chi connectivity index (χ0v) is 8.77. The van der Waals surface area contributed by atoms with Crippen molar-refractivity contribution < 1.29 is 23.6 Å². The Morgan fingerprint density at radius 2 is 2.47 bits per heavy atom. The first-order chi connectivity index (χ1) is 8.13. The van der Waals surface area contributed by atoms with Gasteiger partial charge in [0, 0.05) is 0 Å². The molecule has 0 unspecified atom stereocenters. The molecule has 0 atom stereocenters. The molecule has 0 saturated carbocycles. The molecule has 0 amide bonds. The van der Waals surface area contributed by atoms with Crippen molar-refractivity contribution in [2.75, 3.05) is 6.61 Å². The third kappa shape index (κ3) is 2.16. The van der Waals surface area contributed by atoms with E-state index in [1.807, 2.05) is 0 Å². The molecule has 1 aliphatic rings. The molecule has 0 fully saturated rings. The number of carbonyl (C=O) groups excluding carboxylic acids is 1. The number of hydrogen-bond acceptors (Lipinski definition) is 4. The van der Waals surface area contributed by atoms with Gasteiger partial charge in [-0.15, -0.1) is 6.42 Å². The highest BCUT2D eigenvalue weighted by molar-refractivity contribution is 6.61. The molecule has 6 heteroatoms. The van der Waals surface area contributed by atoms with Crippen LogP contribution in [0.15, 0.2) is 12.1 Å². The summed E-state index contributed by atoms with van der Waals surface area (Å²) in [5, 5.41) is 9.43. The summed E-state index contributed by atoms with van der Waals surface area (Å²) in [4.78, 5) is 11.5. The third-order valence-corrected chi connectivity index (χ3v) is 2.40. The lowest BCUT2D eigenvalue weighted by Gasteiger charge is -2.05. The van der Waals surface area contributed by atoms with Crippen LogP contribution >= 0.6 is 0 Å². The van der Waals surface area contributed by atoms with E-state index in [1.165, 1.54) is 6.07 Å². The number of fused-ring (bicyclic) bond motifs is 1. The number of rotatable bonds is 2. The van der Waals surface area contributed by atoms with Gasteiger partial charge in [0.15, 0.2) is 6.61 Å². The number of halogens is 1. The van der Waals surface area contributed by atoms with Gasteiger partial charge in [0.2, 0.25) is 0 Å². The highest BCUT2D eigenvalue weighted by Crippen LogP contribution is 2.16. The third-order valence-electron chi connectivity index (χ3n) is 2.40. The summed E-state index contributed by atoms with van der Waals surface area (Å²) in [5.41, 5.74) is 0.631. The highest BCUT2D eigenvalue weighted by atomic mass is 19.1. The second-order valence-corrected chi connectivity index (χ2v) is 3.47. The van der Waals surface area contributed by atoms with E-state index < -0.39 is 18.9 Å². The largest absolute Gasteiger partial charge is 0.491 e. The Kier molecular flexibility index (Phi) is 3.13. The maximum atomic E-state index is 13.6. The van der Waals surface area contributed by atoms with Crippen LogP contribution in [0, 0.1) is 18.2 Å². The SMILES string of the molecule is C#CCOC(=O)c1cc2c(cc1F)COB2O. The van der Waals surface area contributed by atoms with Gasteiger partial charge in [-0.2, -0.15) is 0 Å². The second-order valence-electron chi connectivity index (χ2n) is 3.47. The van der Waals surface area contributed by atoms with Gasteiger partial charge in [-0.25, -0.2) is 9.18 Å². The summed E-state index contributed by atoms with van der Waals surface area (Å²) in [6.07, 6.45) is 4.92. The van der Waals surface area contributed by atoms with E-state index in [2.05, 4.69) is 10.7 Å². The smallest absolute Gasteiger partial charge is 0.449 e. The van der Waals surface area contributed by atoms with Gasteiger partial charge in [-0.05, 0) is 23.2 Å². The molecule has 0 saturated heterocycles. The van der Waals surface area contributed by atoms with Crippen LogP contribution < -0.4 is 5.46 Å². The normalized spacial score (nSPS) is 13.1. The molecule has 4 nitrogen and oxygen atoms in total. The summed E-state index contributed by atoms with van der Waals surface area (Å²) in [6.45, 7) is -0.110. The summed E-state index contributed by atoms with van der Waals surface area (Å²) < 4.78 is 23.1. The van der Waals surface area contributed by atoms with Crippen LogP contribution in [-0.4, -0.2) is 24.7 Å². The van der Waals surface area contributed by atoms with E-state index in [9.17, 15) is 14.2 Å². The predicted molar refractivity (Wildman–Crippen MR) is 57.9 cm³/mol. The van der Waals surface area contributed by atoms with Crippen LogP contribution in [-0.2, 0) is 16.0 Å². The molecule has 86 valence electrons. The molecule has 1 aliphatic heterocycles. The molecule has 0 radical (unpaired) electrons. The van der Waals surface area contributed by atoms with Crippen molar-refractivity contribution in [3.8, 4) is 12.3 Å². The van der Waals surface area contributed by atoms with E-state index in [-0.39, 0.29) is 18.8 Å². The first-order valence-corrected chi connectivity index (χ1v) is 4.86. The van der Waals surface area contributed by atoms with Crippen molar-refractivity contribution in [1.29, 1.82) is 0 Å². The minimum absolute atomic E-state index is 0.118. The maximum absolute atomic E-state index is 13.6. The van der Waals surface area contributed by atoms with Crippen LogP contribution in [0.1, 0.15) is 15.9 Å². The molecular weight excluding hydrogens is 226 g/mol. The lowest BCUT2D eigenvalue weighted by atomic mass is 9.78. The molecular formula is C11H8BFO4. The number of ether oxygens (including phenoxy) is 1. The van der Waals surface area contributed by atoms with Gasteiger partial charge in [0.05, 0.1) is 12.2 Å². The zero-order chi connectivity index (χ0) is 12.4. The van der Waals surface area contributed by atoms with Crippen molar-refractivity contribution >= 4 is 18.6 Å². The number of hydrogen-bond donors (Lipinski definition) is 1. The van der Waals surface area contributed by atoms with Crippen molar-refractivity contribution in [2.45, 2.75) is 6.61 Å². The fourth-order valence-electron chi connectivity index (χ4n) is 1.59. The standard InChI is InChI=1S/C11H8BFO4/c1-2-3-16-11(14)8-5-9-7(4-10(8)13)6-17-12(9)15/h1,4-5,15H,3,6H2. The Morgan fingerprint density at radius 1 is 1.71 bits per heavy atom. The first kappa shape index (κ1) is 11.6. The Balaban J connectivity index is 2.33. The summed E-state index contributed by atoms with van der Waals surface area (Å²) in [6, 6.07) is 2.37. The first-order valence-electron chi connectivity index (χ1n) is 4.86. The molecule has 1 aromatic carbocycles. The molecule has 1 heterocycles. The molecule has 0 aromatic heterocycles. The van der Waals surface area contributed by atoms with Crippen LogP contribution in [0.5, 0.6) is 0 Å². The Morgan fingerprint density at radius 3 is 3.18 bits per heavy atom. The van der Waals surface area contributed by atoms with Crippen molar-refractivity contribution in [3.63, 3.8) is 0 Å². The second kappa shape index (κ2) is 4.57. The number of esters is 1. The fourth-order valence-corrected chi connectivity index (χ4v) is 1.59. The highest BCUT2D eigenvalue weighted by Gasteiger charge is 2.30. The van der Waals surface area contributed by atoms with Crippen LogP contribution in [0.25, 0.3) is 0 Å². The van der Waals surface area contributed by atoms with Crippen LogP contribution in [0.3, 0.4) is 0 Å².